The van der Waals surface area contributed by atoms with Crippen LogP contribution >= 0.6 is 0 Å². The van der Waals surface area contributed by atoms with E-state index in [1.54, 1.807) is 11.1 Å². The molecule has 2 heterocycles. The molecule has 0 saturated carbocycles. The molecule has 5 nitrogen and oxygen atoms in total. The van der Waals surface area contributed by atoms with Crippen LogP contribution in [-0.2, 0) is 4.74 Å². The number of amides is 1. The fourth-order valence-corrected chi connectivity index (χ4v) is 2.82. The number of morpholine rings is 1. The van der Waals surface area contributed by atoms with Gasteiger partial charge in [-0.1, -0.05) is 32.0 Å². The summed E-state index contributed by atoms with van der Waals surface area (Å²) in [6.07, 6.45) is 1.67. The van der Waals surface area contributed by atoms with Crippen molar-refractivity contribution >= 4 is 17.3 Å². The van der Waals surface area contributed by atoms with Gasteiger partial charge in [-0.3, -0.25) is 9.78 Å². The summed E-state index contributed by atoms with van der Waals surface area (Å²) in [6, 6.07) is 11.9. The number of hydrogen-bond donors (Lipinski definition) is 1. The largest absolute Gasteiger partial charge is 0.378 e. The topological polar surface area (TPSA) is 54.5 Å². The van der Waals surface area contributed by atoms with Crippen molar-refractivity contribution in [1.29, 1.82) is 0 Å². The molecule has 1 amide bonds. The van der Waals surface area contributed by atoms with Crippen LogP contribution in [0.15, 0.2) is 42.6 Å². The first-order chi connectivity index (χ1) is 11.6. The van der Waals surface area contributed by atoms with Crippen LogP contribution < -0.4 is 5.32 Å². The van der Waals surface area contributed by atoms with Gasteiger partial charge in [0.25, 0.3) is 5.91 Å². The van der Waals surface area contributed by atoms with E-state index >= 15 is 0 Å². The van der Waals surface area contributed by atoms with Crippen molar-refractivity contribution < 1.29 is 9.53 Å². The first kappa shape index (κ1) is 16.5. The van der Waals surface area contributed by atoms with Crippen LogP contribution in [0.5, 0.6) is 0 Å². The quantitative estimate of drug-likeness (QED) is 0.936. The maximum Gasteiger partial charge on any atom is 0.272 e. The van der Waals surface area contributed by atoms with Crippen molar-refractivity contribution in [3.63, 3.8) is 0 Å². The lowest BCUT2D eigenvalue weighted by atomic mass is 10.0. The van der Waals surface area contributed by atoms with Crippen LogP contribution in [0.4, 0.5) is 11.4 Å². The van der Waals surface area contributed by atoms with Gasteiger partial charge in [0, 0.05) is 30.7 Å². The molecule has 2 aromatic rings. The number of anilines is 2. The molecule has 0 bridgehead atoms. The van der Waals surface area contributed by atoms with Crippen LogP contribution in [-0.4, -0.2) is 42.1 Å². The highest BCUT2D eigenvalue weighted by Crippen LogP contribution is 2.27. The Kier molecular flexibility index (Phi) is 5.11. The molecule has 0 spiro atoms. The van der Waals surface area contributed by atoms with Crippen molar-refractivity contribution in [1.82, 2.24) is 9.88 Å². The van der Waals surface area contributed by atoms with E-state index in [2.05, 4.69) is 36.3 Å². The van der Waals surface area contributed by atoms with Gasteiger partial charge < -0.3 is 15.0 Å². The number of hydrogen-bond acceptors (Lipinski definition) is 4. The molecule has 1 aromatic heterocycles. The van der Waals surface area contributed by atoms with Gasteiger partial charge in [0.15, 0.2) is 0 Å². The average Bonchev–Trinajstić information content (AvgIpc) is 2.62. The summed E-state index contributed by atoms with van der Waals surface area (Å²) in [5.41, 5.74) is 3.64. The Morgan fingerprint density at radius 3 is 2.71 bits per heavy atom. The zero-order valence-corrected chi connectivity index (χ0v) is 14.2. The molecule has 1 fully saturated rings. The van der Waals surface area contributed by atoms with Gasteiger partial charge in [-0.2, -0.15) is 0 Å². The van der Waals surface area contributed by atoms with Gasteiger partial charge in [-0.25, -0.2) is 0 Å². The number of para-hydroxylation sites is 1. The normalized spacial score (nSPS) is 14.7. The Labute approximate surface area is 142 Å². The molecule has 1 aromatic carbocycles. The molecule has 0 aliphatic carbocycles. The summed E-state index contributed by atoms with van der Waals surface area (Å²) < 4.78 is 5.30. The SMILES string of the molecule is CC(C)c1ccccc1Nc1ccnc(C(=O)N2CCOCC2)c1. The average molecular weight is 325 g/mol. The summed E-state index contributed by atoms with van der Waals surface area (Å²) in [4.78, 5) is 18.6. The highest BCUT2D eigenvalue weighted by atomic mass is 16.5. The molecule has 0 atom stereocenters. The van der Waals surface area contributed by atoms with Crippen LogP contribution in [0.25, 0.3) is 0 Å². The Bertz CT molecular complexity index is 709. The number of pyridine rings is 1. The minimum absolute atomic E-state index is 0.0425. The van der Waals surface area contributed by atoms with Gasteiger partial charge in [0.05, 0.1) is 13.2 Å². The van der Waals surface area contributed by atoms with Gasteiger partial charge >= 0.3 is 0 Å². The second-order valence-corrected chi connectivity index (χ2v) is 6.20. The van der Waals surface area contributed by atoms with Crippen molar-refractivity contribution in [3.05, 3.63) is 53.9 Å². The van der Waals surface area contributed by atoms with E-state index in [0.717, 1.165) is 11.4 Å². The fourth-order valence-electron chi connectivity index (χ4n) is 2.82. The van der Waals surface area contributed by atoms with E-state index in [0.29, 0.717) is 37.9 Å². The van der Waals surface area contributed by atoms with Crippen LogP contribution in [0.3, 0.4) is 0 Å². The third kappa shape index (κ3) is 3.74. The number of aromatic nitrogens is 1. The molecule has 0 unspecified atom stereocenters. The fraction of sp³-hybridized carbons (Fsp3) is 0.368. The minimum Gasteiger partial charge on any atom is -0.378 e. The Morgan fingerprint density at radius 1 is 1.21 bits per heavy atom. The van der Waals surface area contributed by atoms with Crippen molar-refractivity contribution in [2.24, 2.45) is 0 Å². The molecule has 0 radical (unpaired) electrons. The van der Waals surface area contributed by atoms with E-state index < -0.39 is 0 Å². The lowest BCUT2D eigenvalue weighted by Crippen LogP contribution is -2.41. The standard InChI is InChI=1S/C19H23N3O2/c1-14(2)16-5-3-4-6-17(16)21-15-7-8-20-18(13-15)19(23)22-9-11-24-12-10-22/h3-8,13-14H,9-12H2,1-2H3,(H,20,21). The third-order valence-corrected chi connectivity index (χ3v) is 4.14. The lowest BCUT2D eigenvalue weighted by Gasteiger charge is -2.26. The summed E-state index contributed by atoms with van der Waals surface area (Å²) >= 11 is 0. The van der Waals surface area contributed by atoms with E-state index in [4.69, 9.17) is 4.74 Å². The molecule has 1 N–H and O–H groups in total. The van der Waals surface area contributed by atoms with Gasteiger partial charge in [0.1, 0.15) is 5.69 Å². The maximum atomic E-state index is 12.6. The molecule has 1 aliphatic heterocycles. The molecule has 1 saturated heterocycles. The van der Waals surface area contributed by atoms with Crippen LogP contribution in [0.1, 0.15) is 35.8 Å². The highest BCUT2D eigenvalue weighted by molar-refractivity contribution is 5.93. The number of ether oxygens (including phenoxy) is 1. The number of nitrogens with one attached hydrogen (secondary N) is 1. The number of carbonyl (C=O) groups is 1. The molecule has 1 aliphatic rings. The third-order valence-electron chi connectivity index (χ3n) is 4.14. The van der Waals surface area contributed by atoms with E-state index in [1.165, 1.54) is 5.56 Å². The second-order valence-electron chi connectivity index (χ2n) is 6.20. The first-order valence-corrected chi connectivity index (χ1v) is 8.34. The minimum atomic E-state index is -0.0425. The molecular formula is C19H23N3O2. The van der Waals surface area contributed by atoms with Crippen LogP contribution in [0, 0.1) is 0 Å². The zero-order valence-electron chi connectivity index (χ0n) is 14.2. The molecule has 126 valence electrons. The number of carbonyl (C=O) groups excluding carboxylic acids is 1. The summed E-state index contributed by atoms with van der Waals surface area (Å²) in [7, 11) is 0. The highest BCUT2D eigenvalue weighted by Gasteiger charge is 2.19. The lowest BCUT2D eigenvalue weighted by molar-refractivity contribution is 0.0299. The van der Waals surface area contributed by atoms with E-state index in [1.807, 2.05) is 24.3 Å². The van der Waals surface area contributed by atoms with Gasteiger partial charge in [-0.05, 0) is 29.7 Å². The molecule has 5 heteroatoms. The van der Waals surface area contributed by atoms with Crippen LogP contribution in [0.2, 0.25) is 0 Å². The maximum absolute atomic E-state index is 12.6. The summed E-state index contributed by atoms with van der Waals surface area (Å²) in [5, 5.41) is 3.42. The predicted octanol–water partition coefficient (Wildman–Crippen LogP) is 3.42. The predicted molar refractivity (Wildman–Crippen MR) is 94.8 cm³/mol. The number of benzene rings is 1. The Morgan fingerprint density at radius 2 is 1.96 bits per heavy atom. The summed E-state index contributed by atoms with van der Waals surface area (Å²) in [6.45, 7) is 6.75. The van der Waals surface area contributed by atoms with E-state index in [9.17, 15) is 4.79 Å². The molecule has 3 rings (SSSR count). The van der Waals surface area contributed by atoms with Gasteiger partial charge in [-0.15, -0.1) is 0 Å². The Hall–Kier alpha value is -2.40. The number of rotatable bonds is 4. The first-order valence-electron chi connectivity index (χ1n) is 8.34. The zero-order chi connectivity index (χ0) is 16.9. The smallest absolute Gasteiger partial charge is 0.272 e. The van der Waals surface area contributed by atoms with Crippen molar-refractivity contribution in [3.8, 4) is 0 Å². The van der Waals surface area contributed by atoms with Crippen molar-refractivity contribution in [2.45, 2.75) is 19.8 Å². The molecule has 24 heavy (non-hydrogen) atoms. The molecular weight excluding hydrogens is 302 g/mol. The second kappa shape index (κ2) is 7.45. The monoisotopic (exact) mass is 325 g/mol. The number of nitrogens with zero attached hydrogens (tertiary/aromatic N) is 2. The van der Waals surface area contributed by atoms with E-state index in [-0.39, 0.29) is 5.91 Å². The summed E-state index contributed by atoms with van der Waals surface area (Å²) in [5.74, 6) is 0.379. The van der Waals surface area contributed by atoms with Gasteiger partial charge in [0.2, 0.25) is 0 Å². The van der Waals surface area contributed by atoms with Crippen molar-refractivity contribution in [2.75, 3.05) is 31.6 Å². The Balaban J connectivity index is 1.80.